The zero-order valence-electron chi connectivity index (χ0n) is 23.7. The van der Waals surface area contributed by atoms with Crippen molar-refractivity contribution in [2.45, 2.75) is 112 Å². The van der Waals surface area contributed by atoms with Gasteiger partial charge >= 0.3 is 194 Å². The first kappa shape index (κ1) is 30.7. The molecule has 1 aliphatic rings. The van der Waals surface area contributed by atoms with E-state index in [9.17, 15) is 0 Å². The van der Waals surface area contributed by atoms with Crippen molar-refractivity contribution in [3.63, 3.8) is 0 Å². The van der Waals surface area contributed by atoms with Crippen LogP contribution in [0.1, 0.15) is 96.8 Å². The number of hydrogen-bond acceptors (Lipinski definition) is 4. The van der Waals surface area contributed by atoms with Crippen molar-refractivity contribution in [2.75, 3.05) is 26.4 Å². The fourth-order valence-electron chi connectivity index (χ4n) is 5.40. The minimum atomic E-state index is -2.30. The van der Waals surface area contributed by atoms with E-state index in [-0.39, 0.29) is 5.41 Å². The standard InChI is InChI=1S/C19H25O2S2.3C4H9.Sn/c1-19(14-21-15-19)13-20-11-5-3-2-4-7-16-9-10-18(23-16)17-8-6-12-22-17;3*1-3-4-2;/h6,8-10H,2-5,7,11,13-15H2,1H3;3*1,3-4H2,2H3;. The molecule has 0 aromatic carbocycles. The Morgan fingerprint density at radius 2 is 1.39 bits per heavy atom. The molecular weight excluding hydrogens is 587 g/mol. The molecule has 3 heterocycles. The zero-order chi connectivity index (χ0) is 25.7. The number of aryl methyl sites for hydroxylation is 1. The molecule has 3 rings (SSSR count). The molecule has 1 aliphatic heterocycles. The van der Waals surface area contributed by atoms with E-state index in [1.807, 2.05) is 14.2 Å². The second-order valence-electron chi connectivity index (χ2n) is 11.5. The third kappa shape index (κ3) is 9.39. The van der Waals surface area contributed by atoms with Crippen LogP contribution in [-0.4, -0.2) is 44.8 Å². The van der Waals surface area contributed by atoms with Crippen molar-refractivity contribution in [2.24, 2.45) is 5.41 Å². The van der Waals surface area contributed by atoms with Gasteiger partial charge in [0, 0.05) is 5.41 Å². The molecule has 1 saturated heterocycles. The predicted octanol–water partition coefficient (Wildman–Crippen LogP) is 9.69. The molecule has 2 nitrogen and oxygen atoms in total. The van der Waals surface area contributed by atoms with Gasteiger partial charge in [-0.3, -0.25) is 0 Å². The van der Waals surface area contributed by atoms with E-state index in [0.717, 1.165) is 26.4 Å². The van der Waals surface area contributed by atoms with Gasteiger partial charge in [-0.1, -0.05) is 6.92 Å². The van der Waals surface area contributed by atoms with Gasteiger partial charge in [0.2, 0.25) is 0 Å². The maximum atomic E-state index is 5.88. The summed E-state index contributed by atoms with van der Waals surface area (Å²) in [5.41, 5.74) is 0.283. The van der Waals surface area contributed by atoms with Crippen LogP contribution in [0.25, 0.3) is 9.75 Å². The van der Waals surface area contributed by atoms with Gasteiger partial charge in [-0.05, 0) is 0 Å². The van der Waals surface area contributed by atoms with E-state index in [1.165, 1.54) is 80.4 Å². The molecule has 2 aromatic heterocycles. The quantitative estimate of drug-likeness (QED) is 0.106. The molecule has 0 radical (unpaired) electrons. The van der Waals surface area contributed by atoms with E-state index >= 15 is 0 Å². The van der Waals surface area contributed by atoms with Crippen LogP contribution in [-0.2, 0) is 15.9 Å². The normalized spacial score (nSPS) is 15.3. The molecule has 5 heteroatoms. The third-order valence-corrected chi connectivity index (χ3v) is 28.6. The van der Waals surface area contributed by atoms with Crippen LogP contribution in [0, 0.1) is 5.41 Å². The Hall–Kier alpha value is 0.119. The van der Waals surface area contributed by atoms with E-state index in [4.69, 9.17) is 9.47 Å². The molecule has 0 spiro atoms. The van der Waals surface area contributed by atoms with Crippen molar-refractivity contribution >= 4 is 43.9 Å². The Morgan fingerprint density at radius 1 is 0.778 bits per heavy atom. The van der Waals surface area contributed by atoms with E-state index < -0.39 is 18.4 Å². The number of rotatable bonds is 20. The molecule has 1 fully saturated rings. The number of hydrogen-bond donors (Lipinski definition) is 0. The van der Waals surface area contributed by atoms with Crippen LogP contribution in [0.5, 0.6) is 0 Å². The van der Waals surface area contributed by atoms with Gasteiger partial charge in [-0.2, -0.15) is 0 Å². The van der Waals surface area contributed by atoms with E-state index in [1.54, 1.807) is 18.2 Å². The first-order chi connectivity index (χ1) is 17.5. The number of ether oxygens (including phenoxy) is 2. The van der Waals surface area contributed by atoms with Gasteiger partial charge in [0.25, 0.3) is 0 Å². The Kier molecular flexibility index (Phi) is 13.9. The molecule has 36 heavy (non-hydrogen) atoms. The summed E-state index contributed by atoms with van der Waals surface area (Å²) in [6, 6.07) is 9.85. The van der Waals surface area contributed by atoms with Crippen LogP contribution < -0.4 is 2.89 Å². The molecule has 0 atom stereocenters. The van der Waals surface area contributed by atoms with Crippen molar-refractivity contribution in [1.29, 1.82) is 0 Å². The van der Waals surface area contributed by atoms with Gasteiger partial charge in [0.1, 0.15) is 0 Å². The fraction of sp³-hybridized carbons (Fsp3) is 0.742. The van der Waals surface area contributed by atoms with Gasteiger partial charge in [-0.15, -0.1) is 0 Å². The summed E-state index contributed by atoms with van der Waals surface area (Å²) in [4.78, 5) is 4.60. The second kappa shape index (κ2) is 16.3. The molecule has 0 unspecified atom stereocenters. The molecule has 0 bridgehead atoms. The van der Waals surface area contributed by atoms with Crippen LogP contribution in [0.15, 0.2) is 24.3 Å². The Bertz CT molecular complexity index is 833. The molecule has 2 aromatic rings. The Labute approximate surface area is 234 Å². The first-order valence-corrected chi connectivity index (χ1v) is 24.0. The topological polar surface area (TPSA) is 18.5 Å². The second-order valence-corrected chi connectivity index (χ2v) is 28.0. The molecule has 204 valence electrons. The summed E-state index contributed by atoms with van der Waals surface area (Å²) in [5, 5.41) is 0. The van der Waals surface area contributed by atoms with Crippen molar-refractivity contribution in [1.82, 2.24) is 0 Å². The first-order valence-electron chi connectivity index (χ1n) is 14.9. The summed E-state index contributed by atoms with van der Waals surface area (Å²) in [6.45, 7) is 12.9. The summed E-state index contributed by atoms with van der Waals surface area (Å²) in [7, 11) is 0. The summed E-state index contributed by atoms with van der Waals surface area (Å²) in [6.07, 6.45) is 14.7. The van der Waals surface area contributed by atoms with E-state index in [2.05, 4.69) is 63.3 Å². The van der Waals surface area contributed by atoms with Gasteiger partial charge in [-0.25, -0.2) is 0 Å². The monoisotopic (exact) mass is 640 g/mol. The van der Waals surface area contributed by atoms with Crippen molar-refractivity contribution in [3.8, 4) is 9.75 Å². The SMILES string of the molecule is CCC[CH2][Sn]([CH2]CCC)([CH2]CCC)[c]1ccc(-c2ccc(CCCCCCOCC3(C)COC3)s2)s1. The van der Waals surface area contributed by atoms with Crippen LogP contribution in [0.3, 0.4) is 0 Å². The maximum absolute atomic E-state index is 5.88. The zero-order valence-corrected chi connectivity index (χ0v) is 28.2. The summed E-state index contributed by atoms with van der Waals surface area (Å²) >= 11 is 1.93. The fourth-order valence-corrected chi connectivity index (χ4v) is 26.7. The van der Waals surface area contributed by atoms with Crippen molar-refractivity contribution in [3.05, 3.63) is 29.1 Å². The summed E-state index contributed by atoms with van der Waals surface area (Å²) in [5.74, 6) is 0. The summed E-state index contributed by atoms with van der Waals surface area (Å²) < 4.78 is 17.8. The number of thiophene rings is 2. The van der Waals surface area contributed by atoms with Crippen LogP contribution in [0.4, 0.5) is 0 Å². The minimum absolute atomic E-state index is 0.283. The molecule has 0 N–H and O–H groups in total. The Balaban J connectivity index is 1.47. The van der Waals surface area contributed by atoms with Crippen LogP contribution in [0.2, 0.25) is 13.3 Å². The molecule has 0 aliphatic carbocycles. The molecular formula is C31H52O2S2Sn. The van der Waals surface area contributed by atoms with Crippen LogP contribution >= 0.6 is 22.7 Å². The van der Waals surface area contributed by atoms with Gasteiger partial charge < -0.3 is 9.47 Å². The average Bonchev–Trinajstić information content (AvgIpc) is 3.55. The van der Waals surface area contributed by atoms with E-state index in [0.29, 0.717) is 0 Å². The predicted molar refractivity (Wildman–Crippen MR) is 164 cm³/mol. The van der Waals surface area contributed by atoms with Crippen molar-refractivity contribution < 1.29 is 9.47 Å². The number of unbranched alkanes of at least 4 members (excludes halogenated alkanes) is 6. The Morgan fingerprint density at radius 3 is 2.00 bits per heavy atom. The average molecular weight is 640 g/mol. The third-order valence-electron chi connectivity index (χ3n) is 7.87. The van der Waals surface area contributed by atoms with Gasteiger partial charge in [0.15, 0.2) is 0 Å². The molecule has 0 amide bonds. The van der Waals surface area contributed by atoms with Gasteiger partial charge in [0.05, 0.1) is 19.8 Å². The molecule has 0 saturated carbocycles.